The van der Waals surface area contributed by atoms with Crippen molar-refractivity contribution in [3.05, 3.63) is 35.4 Å². The van der Waals surface area contributed by atoms with Crippen LogP contribution >= 0.6 is 0 Å². The average Bonchev–Trinajstić information content (AvgIpc) is 2.36. The summed E-state index contributed by atoms with van der Waals surface area (Å²) in [6, 6.07) is 6.25. The summed E-state index contributed by atoms with van der Waals surface area (Å²) < 4.78 is 0. The molecular formula is C14H19NO3. The normalized spacial score (nSPS) is 13.9. The quantitative estimate of drug-likeness (QED) is 0.757. The first-order chi connectivity index (χ1) is 8.45. The molecule has 4 nitrogen and oxygen atoms in total. The van der Waals surface area contributed by atoms with Gasteiger partial charge in [-0.25, -0.2) is 0 Å². The smallest absolute Gasteiger partial charge is 0.305 e. The van der Waals surface area contributed by atoms with E-state index < -0.39 is 12.0 Å². The van der Waals surface area contributed by atoms with Gasteiger partial charge in [0, 0.05) is 5.56 Å². The molecule has 0 bridgehead atoms. The van der Waals surface area contributed by atoms with Gasteiger partial charge in [-0.2, -0.15) is 0 Å². The highest BCUT2D eigenvalue weighted by molar-refractivity contribution is 6.01. The van der Waals surface area contributed by atoms with Crippen LogP contribution in [0.2, 0.25) is 0 Å². The number of carboxylic acids is 1. The van der Waals surface area contributed by atoms with E-state index in [0.29, 0.717) is 11.5 Å². The van der Waals surface area contributed by atoms with Crippen molar-refractivity contribution in [2.45, 2.75) is 38.6 Å². The Morgan fingerprint density at radius 3 is 2.28 bits per heavy atom. The molecular weight excluding hydrogens is 230 g/mol. The molecule has 0 heterocycles. The third-order valence-corrected chi connectivity index (χ3v) is 3.11. The van der Waals surface area contributed by atoms with Crippen LogP contribution in [0.15, 0.2) is 24.3 Å². The molecule has 0 saturated carbocycles. The van der Waals surface area contributed by atoms with E-state index in [0.717, 1.165) is 6.42 Å². The predicted molar refractivity (Wildman–Crippen MR) is 69.7 cm³/mol. The van der Waals surface area contributed by atoms with Gasteiger partial charge in [-0.1, -0.05) is 38.1 Å². The molecule has 4 heteroatoms. The van der Waals surface area contributed by atoms with Gasteiger partial charge in [0.05, 0.1) is 12.5 Å². The molecule has 18 heavy (non-hydrogen) atoms. The second kappa shape index (κ2) is 6.31. The Labute approximate surface area is 107 Å². The molecule has 1 rings (SSSR count). The zero-order valence-corrected chi connectivity index (χ0v) is 10.7. The molecule has 1 aromatic carbocycles. The van der Waals surface area contributed by atoms with Crippen molar-refractivity contribution in [3.63, 3.8) is 0 Å². The largest absolute Gasteiger partial charge is 0.481 e. The van der Waals surface area contributed by atoms with E-state index in [4.69, 9.17) is 10.8 Å². The molecule has 0 aliphatic carbocycles. The van der Waals surface area contributed by atoms with E-state index in [1.165, 1.54) is 5.56 Å². The number of hydrogen-bond acceptors (Lipinski definition) is 3. The zero-order valence-electron chi connectivity index (χ0n) is 10.7. The van der Waals surface area contributed by atoms with Gasteiger partial charge in [0.15, 0.2) is 5.78 Å². The fourth-order valence-electron chi connectivity index (χ4n) is 1.71. The van der Waals surface area contributed by atoms with Crippen LogP contribution in [0.5, 0.6) is 0 Å². The molecule has 0 aromatic heterocycles. The minimum absolute atomic E-state index is 0.326. The lowest BCUT2D eigenvalue weighted by molar-refractivity contribution is -0.137. The van der Waals surface area contributed by atoms with E-state index in [9.17, 15) is 9.59 Å². The topological polar surface area (TPSA) is 80.4 Å². The van der Waals surface area contributed by atoms with Crippen LogP contribution in [0, 0.1) is 0 Å². The van der Waals surface area contributed by atoms with Crippen LogP contribution in [0.3, 0.4) is 0 Å². The second-order valence-electron chi connectivity index (χ2n) is 4.50. The van der Waals surface area contributed by atoms with Crippen molar-refractivity contribution in [2.24, 2.45) is 5.73 Å². The zero-order chi connectivity index (χ0) is 13.7. The molecule has 0 spiro atoms. The third kappa shape index (κ3) is 3.67. The fourth-order valence-corrected chi connectivity index (χ4v) is 1.71. The molecule has 0 radical (unpaired) electrons. The summed E-state index contributed by atoms with van der Waals surface area (Å²) >= 11 is 0. The number of rotatable bonds is 6. The van der Waals surface area contributed by atoms with Crippen LogP contribution in [-0.4, -0.2) is 22.9 Å². The molecule has 2 unspecified atom stereocenters. The summed E-state index contributed by atoms with van der Waals surface area (Å²) in [5.41, 5.74) is 7.18. The summed E-state index contributed by atoms with van der Waals surface area (Å²) in [5.74, 6) is -0.943. The van der Waals surface area contributed by atoms with Gasteiger partial charge >= 0.3 is 5.97 Å². The van der Waals surface area contributed by atoms with E-state index in [1.54, 1.807) is 12.1 Å². The highest BCUT2D eigenvalue weighted by Gasteiger charge is 2.18. The van der Waals surface area contributed by atoms with Crippen LogP contribution in [0.4, 0.5) is 0 Å². The number of carbonyl (C=O) groups excluding carboxylic acids is 1. The summed E-state index contributed by atoms with van der Waals surface area (Å²) in [7, 11) is 0. The standard InChI is InChI=1S/C14H19NO3/c1-3-9(2)10-4-6-11(7-5-10)14(18)12(15)8-13(16)17/h4-7,9,12H,3,8,15H2,1-2H3,(H,16,17). The maximum atomic E-state index is 11.8. The number of nitrogens with two attached hydrogens (primary N) is 1. The van der Waals surface area contributed by atoms with Crippen LogP contribution < -0.4 is 5.73 Å². The van der Waals surface area contributed by atoms with Crippen LogP contribution in [0.25, 0.3) is 0 Å². The molecule has 1 aromatic rings. The van der Waals surface area contributed by atoms with Gasteiger partial charge in [0.1, 0.15) is 0 Å². The van der Waals surface area contributed by atoms with Crippen molar-refractivity contribution in [1.29, 1.82) is 0 Å². The molecule has 0 saturated heterocycles. The lowest BCUT2D eigenvalue weighted by Gasteiger charge is -2.11. The van der Waals surface area contributed by atoms with Gasteiger partial charge in [0.25, 0.3) is 0 Å². The van der Waals surface area contributed by atoms with Crippen LogP contribution in [0.1, 0.15) is 48.5 Å². The van der Waals surface area contributed by atoms with Crippen LogP contribution in [-0.2, 0) is 4.79 Å². The summed E-state index contributed by atoms with van der Waals surface area (Å²) in [6.45, 7) is 4.22. The average molecular weight is 249 g/mol. The van der Waals surface area contributed by atoms with Crippen molar-refractivity contribution < 1.29 is 14.7 Å². The van der Waals surface area contributed by atoms with E-state index >= 15 is 0 Å². The van der Waals surface area contributed by atoms with Crippen molar-refractivity contribution in [2.75, 3.05) is 0 Å². The first-order valence-electron chi connectivity index (χ1n) is 6.07. The number of hydrogen-bond donors (Lipinski definition) is 2. The molecule has 98 valence electrons. The molecule has 0 aliphatic heterocycles. The van der Waals surface area contributed by atoms with E-state index in [1.807, 2.05) is 12.1 Å². The summed E-state index contributed by atoms with van der Waals surface area (Å²) in [4.78, 5) is 22.3. The fraction of sp³-hybridized carbons (Fsp3) is 0.429. The third-order valence-electron chi connectivity index (χ3n) is 3.11. The number of carboxylic acid groups (broad SMARTS) is 1. The molecule has 0 amide bonds. The number of benzene rings is 1. The molecule has 0 fully saturated rings. The lowest BCUT2D eigenvalue weighted by Crippen LogP contribution is -2.32. The molecule has 0 aliphatic rings. The first kappa shape index (κ1) is 14.4. The Kier molecular flexibility index (Phi) is 5.04. The molecule has 2 atom stereocenters. The predicted octanol–water partition coefficient (Wildman–Crippen LogP) is 2.18. The first-order valence-corrected chi connectivity index (χ1v) is 6.07. The van der Waals surface area contributed by atoms with Gasteiger partial charge in [-0.3, -0.25) is 9.59 Å². The minimum Gasteiger partial charge on any atom is -0.481 e. The summed E-state index contributed by atoms with van der Waals surface area (Å²) in [5, 5.41) is 8.60. The lowest BCUT2D eigenvalue weighted by atomic mass is 9.95. The van der Waals surface area contributed by atoms with Crippen molar-refractivity contribution in [3.8, 4) is 0 Å². The minimum atomic E-state index is -1.06. The highest BCUT2D eigenvalue weighted by Crippen LogP contribution is 2.19. The molecule has 3 N–H and O–H groups in total. The number of ketones is 1. The number of Topliss-reactive ketones (excluding diaryl/α,β-unsaturated/α-hetero) is 1. The SMILES string of the molecule is CCC(C)c1ccc(C(=O)C(N)CC(=O)O)cc1. The summed E-state index contributed by atoms with van der Waals surface area (Å²) in [6.07, 6.45) is 0.692. The highest BCUT2D eigenvalue weighted by atomic mass is 16.4. The Balaban J connectivity index is 2.78. The number of carbonyl (C=O) groups is 2. The maximum Gasteiger partial charge on any atom is 0.305 e. The van der Waals surface area contributed by atoms with Crippen molar-refractivity contribution in [1.82, 2.24) is 0 Å². The maximum absolute atomic E-state index is 11.8. The van der Waals surface area contributed by atoms with Gasteiger partial charge < -0.3 is 10.8 Å². The Morgan fingerprint density at radius 1 is 1.28 bits per heavy atom. The Bertz CT molecular complexity index is 425. The van der Waals surface area contributed by atoms with E-state index in [2.05, 4.69) is 13.8 Å². The van der Waals surface area contributed by atoms with Gasteiger partial charge in [-0.05, 0) is 17.9 Å². The van der Waals surface area contributed by atoms with Gasteiger partial charge in [0.2, 0.25) is 0 Å². The monoisotopic (exact) mass is 249 g/mol. The Hall–Kier alpha value is -1.68. The van der Waals surface area contributed by atoms with Crippen molar-refractivity contribution >= 4 is 11.8 Å². The second-order valence-corrected chi connectivity index (χ2v) is 4.50. The number of aliphatic carboxylic acids is 1. The Morgan fingerprint density at radius 2 is 1.83 bits per heavy atom. The van der Waals surface area contributed by atoms with E-state index in [-0.39, 0.29) is 12.2 Å². The van der Waals surface area contributed by atoms with Gasteiger partial charge in [-0.15, -0.1) is 0 Å².